The highest BCUT2D eigenvalue weighted by molar-refractivity contribution is 7.91. The molecule has 1 amide bonds. The van der Waals surface area contributed by atoms with Gasteiger partial charge in [0.25, 0.3) is 0 Å². The third kappa shape index (κ3) is 5.31. The summed E-state index contributed by atoms with van der Waals surface area (Å²) in [6.07, 6.45) is 1.87. The number of hydrogen-bond donors (Lipinski definition) is 2. The van der Waals surface area contributed by atoms with Gasteiger partial charge in [0.1, 0.15) is 5.75 Å². The molecule has 2 N–H and O–H groups in total. The molecule has 0 aliphatic carbocycles. The van der Waals surface area contributed by atoms with E-state index in [1.54, 1.807) is 31.4 Å². The summed E-state index contributed by atoms with van der Waals surface area (Å²) in [5.74, 6) is 0.114. The first-order valence-corrected chi connectivity index (χ1v) is 12.8. The number of ether oxygens (including phenoxy) is 1. The monoisotopic (exact) mass is 476 g/mol. The Kier molecular flexibility index (Phi) is 7.03. The van der Waals surface area contributed by atoms with Gasteiger partial charge in [-0.25, -0.2) is 8.42 Å². The minimum absolute atomic E-state index is 0.0978. The van der Waals surface area contributed by atoms with Crippen molar-refractivity contribution >= 4 is 26.6 Å². The van der Waals surface area contributed by atoms with Crippen molar-refractivity contribution < 1.29 is 17.9 Å². The number of amides is 1. The molecule has 176 valence electrons. The van der Waals surface area contributed by atoms with Crippen LogP contribution in [0.15, 0.2) is 83.9 Å². The second kappa shape index (κ2) is 10.1. The first kappa shape index (κ1) is 23.6. The topological polar surface area (TPSA) is 88.3 Å². The highest BCUT2D eigenvalue weighted by atomic mass is 32.2. The Balaban J connectivity index is 1.49. The molecule has 0 saturated carbocycles. The van der Waals surface area contributed by atoms with E-state index in [1.165, 1.54) is 0 Å². The number of rotatable bonds is 9. The van der Waals surface area contributed by atoms with Crippen molar-refractivity contribution in [1.29, 1.82) is 0 Å². The molecule has 4 aromatic rings. The Morgan fingerprint density at radius 3 is 2.41 bits per heavy atom. The minimum atomic E-state index is -3.52. The van der Waals surface area contributed by atoms with Crippen LogP contribution in [0.25, 0.3) is 10.9 Å². The molecule has 0 aliphatic rings. The van der Waals surface area contributed by atoms with E-state index >= 15 is 0 Å². The zero-order chi connectivity index (χ0) is 24.1. The Hall–Kier alpha value is -3.58. The summed E-state index contributed by atoms with van der Waals surface area (Å²) in [5.41, 5.74) is 4.09. The molecule has 0 spiro atoms. The van der Waals surface area contributed by atoms with Crippen LogP contribution in [0.5, 0.6) is 5.75 Å². The van der Waals surface area contributed by atoms with Crippen molar-refractivity contribution in [1.82, 2.24) is 10.3 Å². The van der Waals surface area contributed by atoms with E-state index in [9.17, 15) is 13.2 Å². The summed E-state index contributed by atoms with van der Waals surface area (Å²) in [6, 6.07) is 22.5. The number of fused-ring (bicyclic) bond motifs is 1. The van der Waals surface area contributed by atoms with E-state index in [-0.39, 0.29) is 28.9 Å². The number of aryl methyl sites for hydroxylation is 1. The average molecular weight is 477 g/mol. The zero-order valence-corrected chi connectivity index (χ0v) is 20.1. The summed E-state index contributed by atoms with van der Waals surface area (Å²) < 4.78 is 30.5. The lowest BCUT2D eigenvalue weighted by Gasteiger charge is -2.19. The van der Waals surface area contributed by atoms with Crippen molar-refractivity contribution in [3.8, 4) is 5.75 Å². The second-order valence-corrected chi connectivity index (χ2v) is 10.4. The summed E-state index contributed by atoms with van der Waals surface area (Å²) >= 11 is 0. The van der Waals surface area contributed by atoms with Crippen LogP contribution in [0.2, 0.25) is 0 Å². The number of hydrogen-bond acceptors (Lipinski definition) is 4. The van der Waals surface area contributed by atoms with Crippen LogP contribution in [0, 0.1) is 6.92 Å². The number of nitrogens with one attached hydrogen (secondary N) is 2. The van der Waals surface area contributed by atoms with Gasteiger partial charge in [-0.3, -0.25) is 4.79 Å². The first-order valence-electron chi connectivity index (χ1n) is 11.1. The van der Waals surface area contributed by atoms with Crippen molar-refractivity contribution in [3.63, 3.8) is 0 Å². The number of carbonyl (C=O) groups is 1. The van der Waals surface area contributed by atoms with Crippen molar-refractivity contribution in [2.75, 3.05) is 19.4 Å². The summed E-state index contributed by atoms with van der Waals surface area (Å²) in [4.78, 5) is 16.2. The lowest BCUT2D eigenvalue weighted by molar-refractivity contribution is -0.120. The average Bonchev–Trinajstić information content (AvgIpc) is 3.28. The van der Waals surface area contributed by atoms with E-state index in [2.05, 4.69) is 10.3 Å². The highest BCUT2D eigenvalue weighted by Gasteiger charge is 2.21. The van der Waals surface area contributed by atoms with Gasteiger partial charge < -0.3 is 15.0 Å². The standard InChI is InChI=1S/C27H28N2O4S/c1-19-7-13-22(14-8-19)34(31,32)16-15-27(30)29-17-24(20-9-11-21(33-2)12-10-20)25-18-28-26-6-4-3-5-23(25)26/h3-14,18,24,28H,15-17H2,1-2H3,(H,29,30). The molecular weight excluding hydrogens is 448 g/mol. The Morgan fingerprint density at radius 1 is 1.00 bits per heavy atom. The Bertz CT molecular complexity index is 1370. The quantitative estimate of drug-likeness (QED) is 0.370. The summed E-state index contributed by atoms with van der Waals surface area (Å²) in [6.45, 7) is 2.24. The molecule has 0 saturated heterocycles. The lowest BCUT2D eigenvalue weighted by Crippen LogP contribution is -2.30. The molecule has 0 aliphatic heterocycles. The predicted molar refractivity (Wildman–Crippen MR) is 134 cm³/mol. The molecule has 3 aromatic carbocycles. The fourth-order valence-electron chi connectivity index (χ4n) is 4.02. The number of H-pyrrole nitrogens is 1. The van der Waals surface area contributed by atoms with Crippen LogP contribution in [0.3, 0.4) is 0 Å². The van der Waals surface area contributed by atoms with Gasteiger partial charge in [0.15, 0.2) is 9.84 Å². The number of carbonyl (C=O) groups excluding carboxylic acids is 1. The maximum atomic E-state index is 12.6. The van der Waals surface area contributed by atoms with Crippen molar-refractivity contribution in [2.24, 2.45) is 0 Å². The SMILES string of the molecule is COc1ccc(C(CNC(=O)CCS(=O)(=O)c2ccc(C)cc2)c2c[nH]c3ccccc23)cc1. The normalized spacial score (nSPS) is 12.4. The maximum Gasteiger partial charge on any atom is 0.221 e. The molecule has 1 unspecified atom stereocenters. The molecule has 0 bridgehead atoms. The second-order valence-electron chi connectivity index (χ2n) is 8.30. The van der Waals surface area contributed by atoms with Gasteiger partial charge >= 0.3 is 0 Å². The van der Waals surface area contributed by atoms with Gasteiger partial charge in [0.2, 0.25) is 5.91 Å². The van der Waals surface area contributed by atoms with Gasteiger partial charge in [0, 0.05) is 36.0 Å². The summed E-state index contributed by atoms with van der Waals surface area (Å²) in [7, 11) is -1.90. The van der Waals surface area contributed by atoms with E-state index in [1.807, 2.05) is 61.7 Å². The van der Waals surface area contributed by atoms with Crippen LogP contribution in [0.4, 0.5) is 0 Å². The van der Waals surface area contributed by atoms with Crippen LogP contribution >= 0.6 is 0 Å². The van der Waals surface area contributed by atoms with Crippen molar-refractivity contribution in [3.05, 3.63) is 95.7 Å². The fraction of sp³-hybridized carbons (Fsp3) is 0.222. The van der Waals surface area contributed by atoms with Gasteiger partial charge in [-0.2, -0.15) is 0 Å². The number of benzene rings is 3. The molecule has 1 heterocycles. The molecule has 6 nitrogen and oxygen atoms in total. The first-order chi connectivity index (χ1) is 16.4. The number of aromatic nitrogens is 1. The molecule has 4 rings (SSSR count). The van der Waals surface area contributed by atoms with Crippen LogP contribution in [-0.4, -0.2) is 38.7 Å². The van der Waals surface area contributed by atoms with Crippen LogP contribution < -0.4 is 10.1 Å². The smallest absolute Gasteiger partial charge is 0.221 e. The zero-order valence-electron chi connectivity index (χ0n) is 19.2. The van der Waals surface area contributed by atoms with Crippen LogP contribution in [-0.2, 0) is 14.6 Å². The third-order valence-corrected chi connectivity index (χ3v) is 7.73. The van der Waals surface area contributed by atoms with Gasteiger partial charge in [-0.05, 0) is 48.4 Å². The maximum absolute atomic E-state index is 12.6. The van der Waals surface area contributed by atoms with E-state index in [0.29, 0.717) is 6.54 Å². The Morgan fingerprint density at radius 2 is 1.71 bits per heavy atom. The molecule has 34 heavy (non-hydrogen) atoms. The number of methoxy groups -OCH3 is 1. The fourth-order valence-corrected chi connectivity index (χ4v) is 5.26. The van der Waals surface area contributed by atoms with Gasteiger partial charge in [0.05, 0.1) is 17.8 Å². The molecule has 1 atom stereocenters. The number of sulfone groups is 1. The number of para-hydroxylation sites is 1. The van der Waals surface area contributed by atoms with E-state index < -0.39 is 9.84 Å². The van der Waals surface area contributed by atoms with Gasteiger partial charge in [-0.15, -0.1) is 0 Å². The lowest BCUT2D eigenvalue weighted by atomic mass is 9.90. The third-order valence-electron chi connectivity index (χ3n) is 6.00. The molecule has 0 fully saturated rings. The summed E-state index contributed by atoms with van der Waals surface area (Å²) in [5, 5.41) is 4.03. The van der Waals surface area contributed by atoms with Gasteiger partial charge in [-0.1, -0.05) is 48.0 Å². The minimum Gasteiger partial charge on any atom is -0.497 e. The van der Waals surface area contributed by atoms with E-state index in [4.69, 9.17) is 4.74 Å². The largest absolute Gasteiger partial charge is 0.497 e. The van der Waals surface area contributed by atoms with E-state index in [0.717, 1.165) is 33.3 Å². The predicted octanol–water partition coefficient (Wildman–Crippen LogP) is 4.60. The van der Waals surface area contributed by atoms with Crippen LogP contribution in [0.1, 0.15) is 29.0 Å². The molecular formula is C27H28N2O4S. The Labute approximate surface area is 199 Å². The highest BCUT2D eigenvalue weighted by Crippen LogP contribution is 2.31. The molecule has 7 heteroatoms. The number of aromatic amines is 1. The molecule has 0 radical (unpaired) electrons. The molecule has 1 aromatic heterocycles. The van der Waals surface area contributed by atoms with Crippen molar-refractivity contribution in [2.45, 2.75) is 24.2 Å².